The van der Waals surface area contributed by atoms with Crippen LogP contribution in [0.15, 0.2) is 54.6 Å². The molecule has 20 heavy (non-hydrogen) atoms. The molecule has 0 amide bonds. The van der Waals surface area contributed by atoms with Crippen molar-refractivity contribution in [3.63, 3.8) is 0 Å². The minimum atomic E-state index is -0.357. The summed E-state index contributed by atoms with van der Waals surface area (Å²) in [7, 11) is 3.01. The molecule has 0 spiro atoms. The molecule has 0 fully saturated rings. The first-order valence-electron chi connectivity index (χ1n) is 6.23. The molecule has 0 N–H and O–H groups in total. The van der Waals surface area contributed by atoms with Crippen LogP contribution in [0.2, 0.25) is 0 Å². The zero-order valence-electron chi connectivity index (χ0n) is 11.5. The molecule has 0 aliphatic carbocycles. The van der Waals surface area contributed by atoms with Crippen LogP contribution in [0.5, 0.6) is 5.75 Å². The molecule has 0 radical (unpaired) electrons. The summed E-state index contributed by atoms with van der Waals surface area (Å²) in [6.07, 6.45) is 3.13. The van der Waals surface area contributed by atoms with E-state index in [-0.39, 0.29) is 5.97 Å². The normalized spacial score (nSPS) is 10.5. The zero-order chi connectivity index (χ0) is 14.4. The van der Waals surface area contributed by atoms with E-state index in [0.29, 0.717) is 0 Å². The second-order valence-electron chi connectivity index (χ2n) is 4.21. The Kier molecular flexibility index (Phi) is 4.56. The first-order chi connectivity index (χ1) is 9.72. The van der Waals surface area contributed by atoms with Gasteiger partial charge in [-0.3, -0.25) is 0 Å². The number of rotatable bonds is 4. The smallest absolute Gasteiger partial charge is 0.330 e. The third-order valence-corrected chi connectivity index (χ3v) is 2.95. The Morgan fingerprint density at radius 1 is 0.900 bits per heavy atom. The second-order valence-corrected chi connectivity index (χ2v) is 4.21. The summed E-state index contributed by atoms with van der Waals surface area (Å²) < 4.78 is 9.69. The first kappa shape index (κ1) is 13.9. The number of carbonyl (C=O) groups is 1. The summed E-state index contributed by atoms with van der Waals surface area (Å²) in [5.74, 6) is 0.482. The van der Waals surface area contributed by atoms with Gasteiger partial charge >= 0.3 is 5.97 Å². The van der Waals surface area contributed by atoms with Crippen LogP contribution in [0.25, 0.3) is 17.2 Å². The fraction of sp³-hybridized carbons (Fsp3) is 0.118. The molecule has 2 rings (SSSR count). The van der Waals surface area contributed by atoms with E-state index in [2.05, 4.69) is 4.74 Å². The van der Waals surface area contributed by atoms with Crippen LogP contribution in [0.3, 0.4) is 0 Å². The van der Waals surface area contributed by atoms with Gasteiger partial charge < -0.3 is 9.47 Å². The van der Waals surface area contributed by atoms with Crippen molar-refractivity contribution in [3.8, 4) is 16.9 Å². The number of ether oxygens (including phenoxy) is 2. The highest BCUT2D eigenvalue weighted by molar-refractivity contribution is 5.87. The summed E-state index contributed by atoms with van der Waals surface area (Å²) in [4.78, 5) is 11.0. The van der Waals surface area contributed by atoms with Crippen molar-refractivity contribution in [2.45, 2.75) is 0 Å². The Balaban J connectivity index is 2.14. The molecule has 2 aromatic carbocycles. The van der Waals surface area contributed by atoms with E-state index in [1.165, 1.54) is 13.2 Å². The van der Waals surface area contributed by atoms with Crippen LogP contribution < -0.4 is 4.74 Å². The Bertz CT molecular complexity index is 595. The minimum Gasteiger partial charge on any atom is -0.497 e. The number of hydrogen-bond acceptors (Lipinski definition) is 3. The fourth-order valence-corrected chi connectivity index (χ4v) is 1.80. The van der Waals surface area contributed by atoms with Gasteiger partial charge in [0.2, 0.25) is 0 Å². The molecule has 0 atom stereocenters. The number of carbonyl (C=O) groups excluding carboxylic acids is 1. The Morgan fingerprint density at radius 3 is 1.95 bits per heavy atom. The van der Waals surface area contributed by atoms with Crippen LogP contribution in [0.1, 0.15) is 5.56 Å². The van der Waals surface area contributed by atoms with Crippen LogP contribution in [-0.4, -0.2) is 20.2 Å². The number of methoxy groups -OCH3 is 2. The first-order valence-corrected chi connectivity index (χ1v) is 6.23. The molecule has 0 heterocycles. The highest BCUT2D eigenvalue weighted by Crippen LogP contribution is 2.22. The van der Waals surface area contributed by atoms with Crippen molar-refractivity contribution in [3.05, 3.63) is 60.2 Å². The van der Waals surface area contributed by atoms with Crippen molar-refractivity contribution >= 4 is 12.0 Å². The van der Waals surface area contributed by atoms with Gasteiger partial charge in [0.05, 0.1) is 14.2 Å². The van der Waals surface area contributed by atoms with Crippen molar-refractivity contribution in [2.24, 2.45) is 0 Å². The highest BCUT2D eigenvalue weighted by atomic mass is 16.5. The maximum Gasteiger partial charge on any atom is 0.330 e. The van der Waals surface area contributed by atoms with E-state index >= 15 is 0 Å². The van der Waals surface area contributed by atoms with Gasteiger partial charge in [-0.25, -0.2) is 4.79 Å². The topological polar surface area (TPSA) is 35.5 Å². The summed E-state index contributed by atoms with van der Waals surface area (Å²) in [6, 6.07) is 15.8. The molecule has 0 aliphatic heterocycles. The van der Waals surface area contributed by atoms with Gasteiger partial charge in [-0.05, 0) is 34.9 Å². The van der Waals surface area contributed by atoms with Gasteiger partial charge in [-0.15, -0.1) is 0 Å². The van der Waals surface area contributed by atoms with Crippen LogP contribution in [0.4, 0.5) is 0 Å². The molecule has 3 heteroatoms. The van der Waals surface area contributed by atoms with Crippen LogP contribution in [-0.2, 0) is 9.53 Å². The number of esters is 1. The summed E-state index contributed by atoms with van der Waals surface area (Å²) >= 11 is 0. The SMILES string of the molecule is COC(=O)/C=C/c1ccc(-c2ccc(OC)cc2)cc1. The third kappa shape index (κ3) is 3.48. The average Bonchev–Trinajstić information content (AvgIpc) is 2.53. The van der Waals surface area contributed by atoms with E-state index in [4.69, 9.17) is 4.74 Å². The van der Waals surface area contributed by atoms with E-state index in [0.717, 1.165) is 22.4 Å². The predicted octanol–water partition coefficient (Wildman–Crippen LogP) is 3.55. The van der Waals surface area contributed by atoms with Gasteiger partial charge in [0.15, 0.2) is 0 Å². The lowest BCUT2D eigenvalue weighted by atomic mass is 10.0. The van der Waals surface area contributed by atoms with Gasteiger partial charge in [-0.1, -0.05) is 36.4 Å². The van der Waals surface area contributed by atoms with Crippen molar-refractivity contribution < 1.29 is 14.3 Å². The largest absolute Gasteiger partial charge is 0.497 e. The quantitative estimate of drug-likeness (QED) is 0.628. The van der Waals surface area contributed by atoms with Gasteiger partial charge in [0.25, 0.3) is 0 Å². The van der Waals surface area contributed by atoms with Crippen LogP contribution in [0, 0.1) is 0 Å². The van der Waals surface area contributed by atoms with Crippen LogP contribution >= 0.6 is 0 Å². The molecule has 0 saturated carbocycles. The lowest BCUT2D eigenvalue weighted by Crippen LogP contribution is -1.93. The lowest BCUT2D eigenvalue weighted by molar-refractivity contribution is -0.134. The minimum absolute atomic E-state index is 0.357. The van der Waals surface area contributed by atoms with Crippen molar-refractivity contribution in [1.82, 2.24) is 0 Å². The van der Waals surface area contributed by atoms with E-state index in [9.17, 15) is 4.79 Å². The maximum absolute atomic E-state index is 11.0. The number of hydrogen-bond donors (Lipinski definition) is 0. The highest BCUT2D eigenvalue weighted by Gasteiger charge is 1.98. The van der Waals surface area contributed by atoms with E-state index < -0.39 is 0 Å². The standard InChI is InChI=1S/C17H16O3/c1-19-16-10-8-15(9-11-16)14-6-3-13(4-7-14)5-12-17(18)20-2/h3-12H,1-2H3/b12-5+. The molecule has 0 aliphatic rings. The van der Waals surface area contributed by atoms with E-state index in [1.54, 1.807) is 13.2 Å². The fourth-order valence-electron chi connectivity index (χ4n) is 1.80. The molecular formula is C17H16O3. The second kappa shape index (κ2) is 6.57. The third-order valence-electron chi connectivity index (χ3n) is 2.95. The number of benzene rings is 2. The Hall–Kier alpha value is -2.55. The Morgan fingerprint density at radius 2 is 1.45 bits per heavy atom. The predicted molar refractivity (Wildman–Crippen MR) is 79.5 cm³/mol. The van der Waals surface area contributed by atoms with Crippen molar-refractivity contribution in [1.29, 1.82) is 0 Å². The van der Waals surface area contributed by atoms with E-state index in [1.807, 2.05) is 48.5 Å². The van der Waals surface area contributed by atoms with Gasteiger partial charge in [0, 0.05) is 6.08 Å². The molecule has 0 saturated heterocycles. The molecule has 0 bridgehead atoms. The monoisotopic (exact) mass is 268 g/mol. The van der Waals surface area contributed by atoms with Gasteiger partial charge in [-0.2, -0.15) is 0 Å². The Labute approximate surface area is 118 Å². The molecule has 0 unspecified atom stereocenters. The lowest BCUT2D eigenvalue weighted by Gasteiger charge is -2.04. The maximum atomic E-state index is 11.0. The molecule has 2 aromatic rings. The molecule has 3 nitrogen and oxygen atoms in total. The summed E-state index contributed by atoms with van der Waals surface area (Å²) in [5, 5.41) is 0. The summed E-state index contributed by atoms with van der Waals surface area (Å²) in [5.41, 5.74) is 3.19. The zero-order valence-corrected chi connectivity index (χ0v) is 11.5. The molecule has 0 aromatic heterocycles. The molecular weight excluding hydrogens is 252 g/mol. The van der Waals surface area contributed by atoms with Crippen molar-refractivity contribution in [2.75, 3.05) is 14.2 Å². The summed E-state index contributed by atoms with van der Waals surface area (Å²) in [6.45, 7) is 0. The average molecular weight is 268 g/mol. The molecule has 102 valence electrons. The van der Waals surface area contributed by atoms with Gasteiger partial charge in [0.1, 0.15) is 5.75 Å².